The molecule has 0 aromatic rings. The fourth-order valence-corrected chi connectivity index (χ4v) is 13.0. The summed E-state index contributed by atoms with van der Waals surface area (Å²) in [5, 5.41) is 10.6. The van der Waals surface area contributed by atoms with Gasteiger partial charge in [0.15, 0.2) is 12.2 Å². The van der Waals surface area contributed by atoms with Crippen molar-refractivity contribution in [3.8, 4) is 0 Å². The number of hydrogen-bond acceptors (Lipinski definition) is 15. The van der Waals surface area contributed by atoms with Gasteiger partial charge in [-0.3, -0.25) is 37.3 Å². The highest BCUT2D eigenvalue weighted by atomic mass is 31.2. The molecule has 94 heavy (non-hydrogen) atoms. The fraction of sp³-hybridized carbons (Fsp3) is 0.947. The summed E-state index contributed by atoms with van der Waals surface area (Å²) in [7, 11) is -9.91. The molecule has 6 atom stereocenters. The number of aliphatic hydroxyl groups is 1. The van der Waals surface area contributed by atoms with Gasteiger partial charge >= 0.3 is 39.5 Å². The third-order valence-electron chi connectivity index (χ3n) is 17.8. The number of aliphatic hydroxyl groups excluding tert-OH is 1. The highest BCUT2D eigenvalue weighted by Gasteiger charge is 2.30. The number of phosphoric acid groups is 2. The quantitative estimate of drug-likeness (QED) is 0.0222. The van der Waals surface area contributed by atoms with E-state index in [0.717, 1.165) is 102 Å². The zero-order valence-corrected chi connectivity index (χ0v) is 63.1. The molecule has 3 unspecified atom stereocenters. The third kappa shape index (κ3) is 67.3. The summed E-state index contributed by atoms with van der Waals surface area (Å²) in [4.78, 5) is 72.8. The maximum atomic E-state index is 13.1. The van der Waals surface area contributed by atoms with Crippen LogP contribution in [-0.4, -0.2) is 96.7 Å². The first kappa shape index (κ1) is 92.1. The number of carbonyl (C=O) groups is 4. The second-order valence-electron chi connectivity index (χ2n) is 27.8. The van der Waals surface area contributed by atoms with E-state index in [-0.39, 0.29) is 25.7 Å². The van der Waals surface area contributed by atoms with Crippen LogP contribution >= 0.6 is 15.6 Å². The largest absolute Gasteiger partial charge is 0.472 e. The number of phosphoric ester groups is 2. The van der Waals surface area contributed by atoms with E-state index in [1.165, 1.54) is 205 Å². The lowest BCUT2D eigenvalue weighted by atomic mass is 9.99. The fourth-order valence-electron chi connectivity index (χ4n) is 11.4. The van der Waals surface area contributed by atoms with Crippen LogP contribution in [0.2, 0.25) is 0 Å². The number of unbranched alkanes of at least 4 members (excludes halogenated alkanes) is 43. The van der Waals surface area contributed by atoms with Gasteiger partial charge in [-0.15, -0.1) is 0 Å². The van der Waals surface area contributed by atoms with Crippen molar-refractivity contribution < 1.29 is 80.2 Å². The summed E-state index contributed by atoms with van der Waals surface area (Å²) in [6.45, 7) is 9.56. The van der Waals surface area contributed by atoms with Crippen molar-refractivity contribution in [1.82, 2.24) is 0 Å². The van der Waals surface area contributed by atoms with Crippen LogP contribution < -0.4 is 0 Å². The lowest BCUT2D eigenvalue weighted by Gasteiger charge is -2.21. The highest BCUT2D eigenvalue weighted by Crippen LogP contribution is 2.45. The smallest absolute Gasteiger partial charge is 0.462 e. The minimum absolute atomic E-state index is 0.105. The Labute approximate surface area is 575 Å². The number of esters is 4. The Kier molecular flexibility index (Phi) is 65.5. The predicted octanol–water partition coefficient (Wildman–Crippen LogP) is 21.9. The molecule has 0 aromatic carbocycles. The normalized spacial score (nSPS) is 14.3. The van der Waals surface area contributed by atoms with Crippen LogP contribution in [0.3, 0.4) is 0 Å². The Balaban J connectivity index is 5.25. The summed E-state index contributed by atoms with van der Waals surface area (Å²) in [6.07, 6.45) is 54.0. The van der Waals surface area contributed by atoms with Crippen LogP contribution in [0.15, 0.2) is 0 Å². The maximum Gasteiger partial charge on any atom is 0.472 e. The van der Waals surface area contributed by atoms with Gasteiger partial charge in [0.2, 0.25) is 0 Å². The first-order chi connectivity index (χ1) is 45.4. The first-order valence-corrected chi connectivity index (χ1v) is 42.0. The second-order valence-corrected chi connectivity index (χ2v) is 30.7. The molecule has 19 heteroatoms. The topological polar surface area (TPSA) is 237 Å². The van der Waals surface area contributed by atoms with Gasteiger partial charge in [-0.25, -0.2) is 9.13 Å². The van der Waals surface area contributed by atoms with Crippen molar-refractivity contribution in [2.45, 2.75) is 407 Å². The summed E-state index contributed by atoms with van der Waals surface area (Å²) < 4.78 is 68.5. The summed E-state index contributed by atoms with van der Waals surface area (Å²) in [6, 6.07) is 0. The Bertz CT molecular complexity index is 1820. The van der Waals surface area contributed by atoms with Gasteiger partial charge in [-0.2, -0.15) is 0 Å². The zero-order chi connectivity index (χ0) is 69.3. The zero-order valence-electron chi connectivity index (χ0n) is 61.3. The molecule has 0 aliphatic carbocycles. The van der Waals surface area contributed by atoms with Gasteiger partial charge in [0, 0.05) is 25.7 Å². The van der Waals surface area contributed by atoms with E-state index in [1.54, 1.807) is 0 Å². The van der Waals surface area contributed by atoms with Gasteiger partial charge in [-0.1, -0.05) is 337 Å². The van der Waals surface area contributed by atoms with E-state index in [2.05, 4.69) is 41.5 Å². The number of ether oxygens (including phenoxy) is 4. The molecule has 0 amide bonds. The van der Waals surface area contributed by atoms with Crippen molar-refractivity contribution >= 4 is 39.5 Å². The molecule has 0 aliphatic rings. The molecule has 0 spiro atoms. The summed E-state index contributed by atoms with van der Waals surface area (Å²) in [5.41, 5.74) is 0. The highest BCUT2D eigenvalue weighted by molar-refractivity contribution is 7.47. The lowest BCUT2D eigenvalue weighted by Crippen LogP contribution is -2.30. The molecule has 558 valence electrons. The predicted molar refractivity (Wildman–Crippen MR) is 381 cm³/mol. The molecule has 0 aliphatic heterocycles. The minimum Gasteiger partial charge on any atom is -0.462 e. The van der Waals surface area contributed by atoms with Gasteiger partial charge in [0.25, 0.3) is 0 Å². The molecule has 0 saturated carbocycles. The van der Waals surface area contributed by atoms with E-state index < -0.39 is 97.5 Å². The van der Waals surface area contributed by atoms with Crippen LogP contribution in [0.4, 0.5) is 0 Å². The summed E-state index contributed by atoms with van der Waals surface area (Å²) >= 11 is 0. The van der Waals surface area contributed by atoms with Crippen LogP contribution in [0, 0.1) is 11.8 Å². The van der Waals surface area contributed by atoms with E-state index in [1.807, 2.05) is 0 Å². The molecular weight excluding hydrogens is 1230 g/mol. The molecule has 0 aromatic heterocycles. The minimum atomic E-state index is -4.96. The lowest BCUT2D eigenvalue weighted by molar-refractivity contribution is -0.161. The Morgan fingerprint density at radius 2 is 0.543 bits per heavy atom. The SMILES string of the molecule is CCCCCCCCCCCCCCCCCCCC(=O)O[C@H](COC(=O)CCCCCCCCCCCCCCCC)COP(=O)(O)OC[C@@H](O)COP(=O)(O)OC[C@@H](COC(=O)CCCCCCCCCCC(C)C)OC(=O)CCCCCCCCCCC(C)CC. The molecular formula is C75H146O17P2. The van der Waals surface area contributed by atoms with Crippen molar-refractivity contribution in [2.24, 2.45) is 11.8 Å². The summed E-state index contributed by atoms with van der Waals surface area (Å²) in [5.74, 6) is -0.621. The maximum absolute atomic E-state index is 13.1. The molecule has 0 rings (SSSR count). The first-order valence-electron chi connectivity index (χ1n) is 39.0. The van der Waals surface area contributed by atoms with E-state index >= 15 is 0 Å². The van der Waals surface area contributed by atoms with Crippen LogP contribution in [-0.2, 0) is 65.4 Å². The molecule has 0 heterocycles. The standard InChI is InChI=1S/C75H146O17P2/c1-7-10-12-14-16-18-20-22-24-25-26-28-30-32-41-47-53-59-74(79)91-70(63-85-72(77)57-51-45-39-31-29-27-23-21-19-17-15-13-11-8-2)65-89-93(81,82)87-61-69(76)62-88-94(83,84)90-66-71(64-86-73(78)58-52-46-40-35-33-37-43-49-55-67(4)5)92-75(80)60-54-48-42-36-34-38-44-50-56-68(6)9-3/h67-71,76H,7-66H2,1-6H3,(H,81,82)(H,83,84)/t68?,69-,70-,71-/m1/s1. The Hall–Kier alpha value is -1.94. The van der Waals surface area contributed by atoms with Crippen molar-refractivity contribution in [1.29, 1.82) is 0 Å². The van der Waals surface area contributed by atoms with E-state index in [0.29, 0.717) is 25.7 Å². The third-order valence-corrected chi connectivity index (χ3v) is 19.7. The van der Waals surface area contributed by atoms with Crippen LogP contribution in [0.25, 0.3) is 0 Å². The number of carbonyl (C=O) groups excluding carboxylic acids is 4. The van der Waals surface area contributed by atoms with Crippen molar-refractivity contribution in [2.75, 3.05) is 39.6 Å². The van der Waals surface area contributed by atoms with Crippen molar-refractivity contribution in [3.63, 3.8) is 0 Å². The molecule has 3 N–H and O–H groups in total. The Morgan fingerprint density at radius 1 is 0.309 bits per heavy atom. The average Bonchev–Trinajstić information content (AvgIpc) is 1.23. The molecule has 0 bridgehead atoms. The Morgan fingerprint density at radius 3 is 0.809 bits per heavy atom. The molecule has 17 nitrogen and oxygen atoms in total. The second kappa shape index (κ2) is 66.9. The molecule has 0 saturated heterocycles. The van der Waals surface area contributed by atoms with E-state index in [9.17, 15) is 43.2 Å². The number of rotatable bonds is 74. The van der Waals surface area contributed by atoms with Crippen LogP contribution in [0.5, 0.6) is 0 Å². The molecule has 0 fully saturated rings. The van der Waals surface area contributed by atoms with Crippen LogP contribution in [0.1, 0.15) is 388 Å². The molecule has 0 radical (unpaired) electrons. The van der Waals surface area contributed by atoms with E-state index in [4.69, 9.17) is 37.0 Å². The van der Waals surface area contributed by atoms with Crippen molar-refractivity contribution in [3.05, 3.63) is 0 Å². The number of hydrogen-bond donors (Lipinski definition) is 3. The van der Waals surface area contributed by atoms with Gasteiger partial charge in [0.05, 0.1) is 26.4 Å². The average molecular weight is 1380 g/mol. The van der Waals surface area contributed by atoms with Gasteiger partial charge < -0.3 is 33.8 Å². The van der Waals surface area contributed by atoms with Gasteiger partial charge in [0.1, 0.15) is 19.3 Å². The monoisotopic (exact) mass is 1380 g/mol. The van der Waals surface area contributed by atoms with Gasteiger partial charge in [-0.05, 0) is 37.5 Å².